The first-order valence-electron chi connectivity index (χ1n) is 7.24. The van der Waals surface area contributed by atoms with Crippen LogP contribution in [0.3, 0.4) is 0 Å². The summed E-state index contributed by atoms with van der Waals surface area (Å²) in [5, 5.41) is 0.820. The second-order valence-electron chi connectivity index (χ2n) is 6.12. The molecule has 2 aromatic rings. The largest absolute Gasteiger partial charge is 0.463 e. The van der Waals surface area contributed by atoms with Gasteiger partial charge in [0.1, 0.15) is 11.8 Å². The van der Waals surface area contributed by atoms with Crippen LogP contribution in [-0.4, -0.2) is 30.4 Å². The van der Waals surface area contributed by atoms with E-state index in [1.54, 1.807) is 0 Å². The van der Waals surface area contributed by atoms with Gasteiger partial charge in [0.2, 0.25) is 0 Å². The molecule has 4 heteroatoms. The average Bonchev–Trinajstić information content (AvgIpc) is 3.01. The molecule has 2 aliphatic heterocycles. The lowest BCUT2D eigenvalue weighted by Crippen LogP contribution is -2.31. The molecule has 2 saturated heterocycles. The molecule has 3 heterocycles. The monoisotopic (exact) mass is 270 g/mol. The second-order valence-corrected chi connectivity index (χ2v) is 6.12. The van der Waals surface area contributed by atoms with Gasteiger partial charge in [-0.15, -0.1) is 0 Å². The van der Waals surface area contributed by atoms with Gasteiger partial charge in [0.05, 0.1) is 5.56 Å². The van der Waals surface area contributed by atoms with Crippen molar-refractivity contribution < 1.29 is 9.21 Å². The Morgan fingerprint density at radius 3 is 3.05 bits per heavy atom. The van der Waals surface area contributed by atoms with Gasteiger partial charge in [0, 0.05) is 18.5 Å². The van der Waals surface area contributed by atoms with Crippen molar-refractivity contribution in [1.29, 1.82) is 0 Å². The normalized spacial score (nSPS) is 28.9. The van der Waals surface area contributed by atoms with Crippen LogP contribution in [0.5, 0.6) is 0 Å². The van der Waals surface area contributed by atoms with Gasteiger partial charge < -0.3 is 15.1 Å². The van der Waals surface area contributed by atoms with Gasteiger partial charge in [-0.05, 0) is 42.9 Å². The molecule has 2 bridgehead atoms. The number of primary amides is 1. The summed E-state index contributed by atoms with van der Waals surface area (Å²) < 4.78 is 5.50. The molecule has 0 spiro atoms. The Labute approximate surface area is 117 Å². The number of rotatable bonds is 2. The van der Waals surface area contributed by atoms with E-state index in [-0.39, 0.29) is 0 Å². The van der Waals surface area contributed by atoms with Crippen LogP contribution >= 0.6 is 0 Å². The maximum absolute atomic E-state index is 11.3. The minimum Gasteiger partial charge on any atom is -0.463 e. The number of piperidine rings is 1. The van der Waals surface area contributed by atoms with Crippen molar-refractivity contribution in [2.75, 3.05) is 19.6 Å². The van der Waals surface area contributed by atoms with E-state index in [2.05, 4.69) is 17.0 Å². The van der Waals surface area contributed by atoms with Crippen molar-refractivity contribution in [3.8, 4) is 0 Å². The molecule has 20 heavy (non-hydrogen) atoms. The SMILES string of the molecule is NC(=O)c1coc2cc([C@H]3C[C@@H]4CCN(C4)C3)ccc12. The molecule has 1 aromatic heterocycles. The third kappa shape index (κ3) is 1.83. The predicted octanol–water partition coefficient (Wildman–Crippen LogP) is 2.34. The fourth-order valence-corrected chi connectivity index (χ4v) is 3.79. The maximum atomic E-state index is 11.3. The molecule has 0 aliphatic carbocycles. The van der Waals surface area contributed by atoms with Gasteiger partial charge in [-0.3, -0.25) is 4.79 Å². The molecule has 1 unspecified atom stereocenters. The number of nitrogens with zero attached hydrogens (tertiary/aromatic N) is 1. The highest BCUT2D eigenvalue weighted by Crippen LogP contribution is 2.37. The third-order valence-electron chi connectivity index (χ3n) is 4.80. The molecule has 3 atom stereocenters. The fourth-order valence-electron chi connectivity index (χ4n) is 3.79. The number of amides is 1. The Hall–Kier alpha value is -1.81. The minimum absolute atomic E-state index is 0.432. The number of carbonyl (C=O) groups excluding carboxylic acids is 1. The van der Waals surface area contributed by atoms with Gasteiger partial charge in [-0.25, -0.2) is 0 Å². The topological polar surface area (TPSA) is 59.5 Å². The lowest BCUT2D eigenvalue weighted by atomic mass is 9.86. The van der Waals surface area contributed by atoms with Crippen LogP contribution in [0.4, 0.5) is 0 Å². The summed E-state index contributed by atoms with van der Waals surface area (Å²) in [4.78, 5) is 13.9. The first kappa shape index (κ1) is 12.0. The Morgan fingerprint density at radius 2 is 2.25 bits per heavy atom. The first-order valence-corrected chi connectivity index (χ1v) is 7.24. The molecule has 4 rings (SSSR count). The Balaban J connectivity index is 1.69. The minimum atomic E-state index is -0.432. The van der Waals surface area contributed by atoms with Crippen molar-refractivity contribution in [1.82, 2.24) is 4.90 Å². The number of furan rings is 1. The van der Waals surface area contributed by atoms with Crippen molar-refractivity contribution >= 4 is 16.9 Å². The van der Waals surface area contributed by atoms with E-state index in [1.165, 1.54) is 37.8 Å². The molecule has 4 nitrogen and oxygen atoms in total. The molecule has 1 amide bonds. The summed E-state index contributed by atoms with van der Waals surface area (Å²) in [6.45, 7) is 3.66. The molecule has 104 valence electrons. The fraction of sp³-hybridized carbons (Fsp3) is 0.438. The summed E-state index contributed by atoms with van der Waals surface area (Å²) >= 11 is 0. The van der Waals surface area contributed by atoms with Crippen LogP contribution in [0.25, 0.3) is 11.0 Å². The number of fused-ring (bicyclic) bond motifs is 3. The van der Waals surface area contributed by atoms with Crippen molar-refractivity contribution in [2.45, 2.75) is 18.8 Å². The molecule has 1 aromatic carbocycles. The molecular formula is C16H18N2O2. The highest BCUT2D eigenvalue weighted by molar-refractivity contribution is 6.05. The van der Waals surface area contributed by atoms with Crippen molar-refractivity contribution in [3.63, 3.8) is 0 Å². The predicted molar refractivity (Wildman–Crippen MR) is 76.6 cm³/mol. The lowest BCUT2D eigenvalue weighted by Gasteiger charge is -2.30. The maximum Gasteiger partial charge on any atom is 0.252 e. The molecule has 0 radical (unpaired) electrons. The first-order chi connectivity index (χ1) is 9.70. The summed E-state index contributed by atoms with van der Waals surface area (Å²) in [5.41, 5.74) is 7.90. The molecular weight excluding hydrogens is 252 g/mol. The average molecular weight is 270 g/mol. The van der Waals surface area contributed by atoms with E-state index in [4.69, 9.17) is 10.2 Å². The number of nitrogens with two attached hydrogens (primary N) is 1. The summed E-state index contributed by atoms with van der Waals surface area (Å²) in [6.07, 6.45) is 4.07. The van der Waals surface area contributed by atoms with Gasteiger partial charge in [-0.1, -0.05) is 12.1 Å². The second kappa shape index (κ2) is 4.35. The summed E-state index contributed by atoms with van der Waals surface area (Å²) in [5.74, 6) is 1.00. The Kier molecular flexibility index (Phi) is 2.60. The highest BCUT2D eigenvalue weighted by Gasteiger charge is 2.33. The quantitative estimate of drug-likeness (QED) is 0.911. The summed E-state index contributed by atoms with van der Waals surface area (Å²) in [7, 11) is 0. The van der Waals surface area contributed by atoms with Crippen molar-refractivity contribution in [3.05, 3.63) is 35.6 Å². The van der Waals surface area contributed by atoms with E-state index >= 15 is 0 Å². The lowest BCUT2D eigenvalue weighted by molar-refractivity contribution is 0.100. The number of benzene rings is 1. The number of hydrogen-bond acceptors (Lipinski definition) is 3. The van der Waals surface area contributed by atoms with Crippen LogP contribution in [0.2, 0.25) is 0 Å². The van der Waals surface area contributed by atoms with E-state index < -0.39 is 5.91 Å². The molecule has 2 aliphatic rings. The van der Waals surface area contributed by atoms with E-state index in [0.717, 1.165) is 23.4 Å². The molecule has 2 N–H and O–H groups in total. The van der Waals surface area contributed by atoms with Gasteiger partial charge >= 0.3 is 0 Å². The zero-order valence-electron chi connectivity index (χ0n) is 11.3. The summed E-state index contributed by atoms with van der Waals surface area (Å²) in [6, 6.07) is 6.18. The zero-order chi connectivity index (χ0) is 13.7. The standard InChI is InChI=1S/C16H18N2O2/c17-16(19)14-9-20-15-6-11(1-2-13(14)15)12-5-10-3-4-18(7-10)8-12/h1-2,6,9-10,12H,3-5,7-8H2,(H2,17,19)/t10-,12-/m0/s1. The van der Waals surface area contributed by atoms with E-state index in [9.17, 15) is 4.79 Å². The van der Waals surface area contributed by atoms with Gasteiger partial charge in [0.25, 0.3) is 5.91 Å². The Bertz CT molecular complexity index is 664. The van der Waals surface area contributed by atoms with E-state index in [1.807, 2.05) is 6.07 Å². The molecule has 0 saturated carbocycles. The van der Waals surface area contributed by atoms with Crippen LogP contribution in [0.1, 0.15) is 34.7 Å². The van der Waals surface area contributed by atoms with Crippen LogP contribution in [-0.2, 0) is 0 Å². The Morgan fingerprint density at radius 1 is 1.35 bits per heavy atom. The van der Waals surface area contributed by atoms with Gasteiger partial charge in [-0.2, -0.15) is 0 Å². The van der Waals surface area contributed by atoms with Crippen molar-refractivity contribution in [2.24, 2.45) is 11.7 Å². The smallest absolute Gasteiger partial charge is 0.252 e. The number of hydrogen-bond donors (Lipinski definition) is 1. The van der Waals surface area contributed by atoms with E-state index in [0.29, 0.717) is 11.5 Å². The zero-order valence-corrected chi connectivity index (χ0v) is 11.3. The van der Waals surface area contributed by atoms with Gasteiger partial charge in [0.15, 0.2) is 0 Å². The van der Waals surface area contributed by atoms with Crippen LogP contribution < -0.4 is 5.73 Å². The van der Waals surface area contributed by atoms with Crippen LogP contribution in [0.15, 0.2) is 28.9 Å². The molecule has 2 fully saturated rings. The number of carbonyl (C=O) groups is 1. The van der Waals surface area contributed by atoms with Crippen LogP contribution in [0, 0.1) is 5.92 Å². The third-order valence-corrected chi connectivity index (χ3v) is 4.80. The highest BCUT2D eigenvalue weighted by atomic mass is 16.3.